The fourth-order valence-corrected chi connectivity index (χ4v) is 3.37. The van der Waals surface area contributed by atoms with E-state index in [0.717, 1.165) is 11.8 Å². The second-order valence-corrected chi connectivity index (χ2v) is 5.53. The first-order valence-corrected chi connectivity index (χ1v) is 6.85. The molecule has 15 heavy (non-hydrogen) atoms. The summed E-state index contributed by atoms with van der Waals surface area (Å²) in [5.74, 6) is 1.88. The average Bonchev–Trinajstić information content (AvgIpc) is 2.68. The lowest BCUT2D eigenvalue weighted by molar-refractivity contribution is 0.208. The first-order valence-electron chi connectivity index (χ1n) is 5.91. The Balaban J connectivity index is 1.65. The normalized spacial score (nSPS) is 27.7. The molecule has 0 radical (unpaired) electrons. The standard InChI is InChI=1S/C12H18N2S/c1-2-10(11-6-13-7-11)8-14(4-1)12-3-5-15-9-12/h3,5,9-11,13H,1-2,4,6-8H2. The summed E-state index contributed by atoms with van der Waals surface area (Å²) >= 11 is 1.81. The Hall–Kier alpha value is -0.540. The van der Waals surface area contributed by atoms with Crippen LogP contribution in [0.1, 0.15) is 12.8 Å². The fourth-order valence-electron chi connectivity index (χ4n) is 2.71. The Morgan fingerprint density at radius 1 is 1.33 bits per heavy atom. The van der Waals surface area contributed by atoms with E-state index in [1.807, 2.05) is 11.3 Å². The maximum atomic E-state index is 3.39. The zero-order valence-electron chi connectivity index (χ0n) is 8.98. The molecule has 1 atom stereocenters. The molecule has 3 heterocycles. The molecule has 0 spiro atoms. The minimum absolute atomic E-state index is 0.930. The van der Waals surface area contributed by atoms with Crippen LogP contribution in [0.25, 0.3) is 0 Å². The molecule has 1 unspecified atom stereocenters. The first-order chi connectivity index (χ1) is 7.43. The SMILES string of the molecule is c1cc(N2CCCC(C3CNC3)C2)cs1. The number of rotatable bonds is 2. The number of piperidine rings is 1. The molecule has 1 N–H and O–H groups in total. The fraction of sp³-hybridized carbons (Fsp3) is 0.667. The zero-order valence-corrected chi connectivity index (χ0v) is 9.80. The van der Waals surface area contributed by atoms with E-state index in [4.69, 9.17) is 0 Å². The van der Waals surface area contributed by atoms with Gasteiger partial charge in [0.2, 0.25) is 0 Å². The quantitative estimate of drug-likeness (QED) is 0.825. The van der Waals surface area contributed by atoms with Gasteiger partial charge >= 0.3 is 0 Å². The summed E-state index contributed by atoms with van der Waals surface area (Å²) in [5.41, 5.74) is 1.44. The second kappa shape index (κ2) is 4.14. The largest absolute Gasteiger partial charge is 0.371 e. The van der Waals surface area contributed by atoms with Crippen molar-refractivity contribution in [2.24, 2.45) is 11.8 Å². The van der Waals surface area contributed by atoms with Crippen LogP contribution < -0.4 is 10.2 Å². The van der Waals surface area contributed by atoms with Gasteiger partial charge in [-0.05, 0) is 49.2 Å². The van der Waals surface area contributed by atoms with E-state index in [-0.39, 0.29) is 0 Å². The van der Waals surface area contributed by atoms with Crippen LogP contribution in [0.15, 0.2) is 16.8 Å². The third-order valence-corrected chi connectivity index (χ3v) is 4.48. The van der Waals surface area contributed by atoms with Crippen LogP contribution in [0, 0.1) is 11.8 Å². The van der Waals surface area contributed by atoms with Gasteiger partial charge in [0, 0.05) is 24.2 Å². The van der Waals surface area contributed by atoms with Crippen LogP contribution in [-0.2, 0) is 0 Å². The zero-order chi connectivity index (χ0) is 10.1. The summed E-state index contributed by atoms with van der Waals surface area (Å²) in [5, 5.41) is 7.86. The van der Waals surface area contributed by atoms with E-state index < -0.39 is 0 Å². The van der Waals surface area contributed by atoms with Gasteiger partial charge in [-0.25, -0.2) is 0 Å². The number of thiophene rings is 1. The van der Waals surface area contributed by atoms with E-state index in [0.29, 0.717) is 0 Å². The summed E-state index contributed by atoms with van der Waals surface area (Å²) in [7, 11) is 0. The Bertz CT molecular complexity index is 305. The van der Waals surface area contributed by atoms with Crippen LogP contribution in [-0.4, -0.2) is 26.2 Å². The van der Waals surface area contributed by atoms with E-state index >= 15 is 0 Å². The van der Waals surface area contributed by atoms with Gasteiger partial charge in [0.1, 0.15) is 0 Å². The molecule has 82 valence electrons. The summed E-state index contributed by atoms with van der Waals surface area (Å²) in [4.78, 5) is 2.57. The van der Waals surface area contributed by atoms with Gasteiger partial charge in [-0.2, -0.15) is 11.3 Å². The molecule has 0 amide bonds. The summed E-state index contributed by atoms with van der Waals surface area (Å²) < 4.78 is 0. The van der Waals surface area contributed by atoms with Crippen LogP contribution in [0.5, 0.6) is 0 Å². The third-order valence-electron chi connectivity index (χ3n) is 3.81. The Kier molecular flexibility index (Phi) is 2.67. The van der Waals surface area contributed by atoms with Crippen LogP contribution >= 0.6 is 11.3 Å². The summed E-state index contributed by atoms with van der Waals surface area (Å²) in [6.45, 7) is 5.04. The lowest BCUT2D eigenvalue weighted by atomic mass is 9.82. The van der Waals surface area contributed by atoms with Crippen molar-refractivity contribution >= 4 is 17.0 Å². The molecule has 1 aromatic heterocycles. The number of hydrogen-bond donors (Lipinski definition) is 1. The monoisotopic (exact) mass is 222 g/mol. The molecule has 0 aliphatic carbocycles. The molecule has 1 aromatic rings. The molecule has 2 aliphatic rings. The topological polar surface area (TPSA) is 15.3 Å². The third kappa shape index (κ3) is 1.91. The minimum atomic E-state index is 0.930. The van der Waals surface area contributed by atoms with Crippen molar-refractivity contribution in [2.45, 2.75) is 12.8 Å². The molecule has 3 heteroatoms. The molecule has 0 bridgehead atoms. The van der Waals surface area contributed by atoms with Gasteiger partial charge in [-0.1, -0.05) is 0 Å². The van der Waals surface area contributed by atoms with E-state index in [1.165, 1.54) is 44.7 Å². The maximum Gasteiger partial charge on any atom is 0.0474 e. The van der Waals surface area contributed by atoms with Crippen molar-refractivity contribution in [1.82, 2.24) is 5.32 Å². The summed E-state index contributed by atoms with van der Waals surface area (Å²) in [6, 6.07) is 2.26. The minimum Gasteiger partial charge on any atom is -0.371 e. The smallest absolute Gasteiger partial charge is 0.0474 e. The summed E-state index contributed by atoms with van der Waals surface area (Å²) in [6.07, 6.45) is 2.81. The van der Waals surface area contributed by atoms with Crippen LogP contribution in [0.3, 0.4) is 0 Å². The Morgan fingerprint density at radius 2 is 2.27 bits per heavy atom. The van der Waals surface area contributed by atoms with E-state index in [9.17, 15) is 0 Å². The Morgan fingerprint density at radius 3 is 2.93 bits per heavy atom. The van der Waals surface area contributed by atoms with Gasteiger partial charge in [0.15, 0.2) is 0 Å². The highest BCUT2D eigenvalue weighted by Crippen LogP contribution is 2.30. The molecule has 2 aliphatic heterocycles. The van der Waals surface area contributed by atoms with Gasteiger partial charge in [0.05, 0.1) is 0 Å². The second-order valence-electron chi connectivity index (χ2n) is 4.75. The van der Waals surface area contributed by atoms with E-state index in [1.54, 1.807) is 0 Å². The lowest BCUT2D eigenvalue weighted by Gasteiger charge is -2.41. The van der Waals surface area contributed by atoms with Crippen molar-refractivity contribution in [3.05, 3.63) is 16.8 Å². The van der Waals surface area contributed by atoms with Gasteiger partial charge in [-0.15, -0.1) is 0 Å². The van der Waals surface area contributed by atoms with Gasteiger partial charge in [0.25, 0.3) is 0 Å². The maximum absolute atomic E-state index is 3.39. The molecule has 0 saturated carbocycles. The molecule has 3 rings (SSSR count). The highest BCUT2D eigenvalue weighted by Gasteiger charge is 2.30. The Labute approximate surface area is 95.3 Å². The van der Waals surface area contributed by atoms with Crippen LogP contribution in [0.2, 0.25) is 0 Å². The molecule has 0 aromatic carbocycles. The van der Waals surface area contributed by atoms with Gasteiger partial charge < -0.3 is 10.2 Å². The predicted octanol–water partition coefficient (Wildman–Crippen LogP) is 2.18. The molecular formula is C12H18N2S. The number of hydrogen-bond acceptors (Lipinski definition) is 3. The van der Waals surface area contributed by atoms with E-state index in [2.05, 4.69) is 27.0 Å². The predicted molar refractivity (Wildman–Crippen MR) is 65.6 cm³/mol. The number of anilines is 1. The first kappa shape index (κ1) is 9.67. The molecule has 2 saturated heterocycles. The van der Waals surface area contributed by atoms with Gasteiger partial charge in [-0.3, -0.25) is 0 Å². The van der Waals surface area contributed by atoms with Crippen molar-refractivity contribution in [1.29, 1.82) is 0 Å². The molecule has 2 fully saturated rings. The van der Waals surface area contributed by atoms with Crippen molar-refractivity contribution in [3.63, 3.8) is 0 Å². The number of nitrogens with zero attached hydrogens (tertiary/aromatic N) is 1. The molecular weight excluding hydrogens is 204 g/mol. The van der Waals surface area contributed by atoms with Crippen molar-refractivity contribution < 1.29 is 0 Å². The lowest BCUT2D eigenvalue weighted by Crippen LogP contribution is -2.50. The number of nitrogens with one attached hydrogen (secondary N) is 1. The average molecular weight is 222 g/mol. The highest BCUT2D eigenvalue weighted by atomic mass is 32.1. The highest BCUT2D eigenvalue weighted by molar-refractivity contribution is 7.08. The van der Waals surface area contributed by atoms with Crippen molar-refractivity contribution in [2.75, 3.05) is 31.1 Å². The molecule has 2 nitrogen and oxygen atoms in total. The van der Waals surface area contributed by atoms with Crippen molar-refractivity contribution in [3.8, 4) is 0 Å². The van der Waals surface area contributed by atoms with Crippen LogP contribution in [0.4, 0.5) is 5.69 Å².